The summed E-state index contributed by atoms with van der Waals surface area (Å²) in [5.41, 5.74) is 4.14. The number of carbonyl (C=O) groups excluding carboxylic acids is 1. The molecule has 0 bridgehead atoms. The Bertz CT molecular complexity index is 745. The zero-order valence-electron chi connectivity index (χ0n) is 14.9. The van der Waals surface area contributed by atoms with Gasteiger partial charge in [-0.25, -0.2) is 4.68 Å². The van der Waals surface area contributed by atoms with E-state index >= 15 is 0 Å². The molecule has 1 aliphatic carbocycles. The SMILES string of the molecule is CCN1CCN(C(=O)c2nn(-c3ccccc3)c3c2CCCC3)CC1. The summed E-state index contributed by atoms with van der Waals surface area (Å²) in [4.78, 5) is 17.5. The maximum Gasteiger partial charge on any atom is 0.274 e. The van der Waals surface area contributed by atoms with Crippen molar-refractivity contribution in [2.24, 2.45) is 0 Å². The second-order valence-corrected chi connectivity index (χ2v) is 6.95. The Balaban J connectivity index is 1.66. The van der Waals surface area contributed by atoms with Gasteiger partial charge in [-0.1, -0.05) is 25.1 Å². The van der Waals surface area contributed by atoms with Crippen molar-refractivity contribution in [2.75, 3.05) is 32.7 Å². The van der Waals surface area contributed by atoms with Gasteiger partial charge in [0, 0.05) is 37.4 Å². The first kappa shape index (κ1) is 16.3. The fraction of sp³-hybridized carbons (Fsp3) is 0.500. The van der Waals surface area contributed by atoms with Crippen LogP contribution in [0, 0.1) is 0 Å². The lowest BCUT2D eigenvalue weighted by Crippen LogP contribution is -2.48. The normalized spacial score (nSPS) is 18.2. The van der Waals surface area contributed by atoms with Gasteiger partial charge in [0.15, 0.2) is 5.69 Å². The summed E-state index contributed by atoms with van der Waals surface area (Å²) in [6.07, 6.45) is 4.30. The molecule has 0 radical (unpaired) electrons. The van der Waals surface area contributed by atoms with Gasteiger partial charge in [0.05, 0.1) is 5.69 Å². The number of carbonyl (C=O) groups is 1. The van der Waals surface area contributed by atoms with Crippen LogP contribution in [-0.2, 0) is 12.8 Å². The summed E-state index contributed by atoms with van der Waals surface area (Å²) in [6, 6.07) is 10.2. The van der Waals surface area contributed by atoms with E-state index in [4.69, 9.17) is 5.10 Å². The van der Waals surface area contributed by atoms with Crippen molar-refractivity contribution >= 4 is 5.91 Å². The maximum absolute atomic E-state index is 13.1. The van der Waals surface area contributed by atoms with Gasteiger partial charge >= 0.3 is 0 Å². The summed E-state index contributed by atoms with van der Waals surface area (Å²) in [7, 11) is 0. The van der Waals surface area contributed by atoms with E-state index in [1.54, 1.807) is 0 Å². The minimum Gasteiger partial charge on any atom is -0.335 e. The number of amides is 1. The van der Waals surface area contributed by atoms with E-state index in [0.29, 0.717) is 5.69 Å². The molecule has 2 aromatic rings. The molecule has 25 heavy (non-hydrogen) atoms. The third-order valence-corrected chi connectivity index (χ3v) is 5.49. The molecule has 0 saturated carbocycles. The summed E-state index contributed by atoms with van der Waals surface area (Å²) in [6.45, 7) is 6.77. The van der Waals surface area contributed by atoms with Crippen molar-refractivity contribution in [1.29, 1.82) is 0 Å². The molecule has 2 aliphatic rings. The fourth-order valence-electron chi connectivity index (χ4n) is 3.97. The Morgan fingerprint density at radius 1 is 1.04 bits per heavy atom. The molecule has 1 amide bonds. The van der Waals surface area contributed by atoms with Crippen LogP contribution in [0.2, 0.25) is 0 Å². The first-order valence-electron chi connectivity index (χ1n) is 9.45. The fourth-order valence-corrected chi connectivity index (χ4v) is 3.97. The summed E-state index contributed by atoms with van der Waals surface area (Å²) >= 11 is 0. The van der Waals surface area contributed by atoms with Crippen LogP contribution in [0.3, 0.4) is 0 Å². The van der Waals surface area contributed by atoms with Crippen LogP contribution in [0.25, 0.3) is 5.69 Å². The standard InChI is InChI=1S/C20H26N4O/c1-2-22-12-14-23(15-13-22)20(25)19-17-10-6-7-11-18(17)24(21-19)16-8-4-3-5-9-16/h3-5,8-9H,2,6-7,10-15H2,1H3. The molecule has 2 heterocycles. The summed E-state index contributed by atoms with van der Waals surface area (Å²) in [5.74, 6) is 0.114. The molecule has 0 unspecified atom stereocenters. The maximum atomic E-state index is 13.1. The smallest absolute Gasteiger partial charge is 0.274 e. The van der Waals surface area contributed by atoms with Gasteiger partial charge < -0.3 is 9.80 Å². The van der Waals surface area contributed by atoms with E-state index in [1.807, 2.05) is 27.8 Å². The van der Waals surface area contributed by atoms with Gasteiger partial charge in [-0.05, 0) is 44.4 Å². The molecule has 1 fully saturated rings. The van der Waals surface area contributed by atoms with Gasteiger partial charge in [0.2, 0.25) is 0 Å². The third-order valence-electron chi connectivity index (χ3n) is 5.49. The Labute approximate surface area is 149 Å². The predicted octanol–water partition coefficient (Wildman–Crippen LogP) is 2.53. The van der Waals surface area contributed by atoms with Crippen molar-refractivity contribution in [2.45, 2.75) is 32.6 Å². The number of hydrogen-bond donors (Lipinski definition) is 0. The third kappa shape index (κ3) is 3.09. The van der Waals surface area contributed by atoms with E-state index in [0.717, 1.165) is 57.7 Å². The van der Waals surface area contributed by atoms with Crippen molar-refractivity contribution in [1.82, 2.24) is 19.6 Å². The van der Waals surface area contributed by atoms with Gasteiger partial charge in [-0.2, -0.15) is 5.10 Å². The molecule has 4 rings (SSSR count). The van der Waals surface area contributed by atoms with Crippen molar-refractivity contribution in [3.63, 3.8) is 0 Å². The molecule has 1 aromatic heterocycles. The quantitative estimate of drug-likeness (QED) is 0.863. The zero-order valence-corrected chi connectivity index (χ0v) is 14.9. The number of aromatic nitrogens is 2. The van der Waals surface area contributed by atoms with E-state index in [9.17, 15) is 4.79 Å². The second kappa shape index (κ2) is 7.00. The zero-order chi connectivity index (χ0) is 17.2. The lowest BCUT2D eigenvalue weighted by molar-refractivity contribution is 0.0636. The van der Waals surface area contributed by atoms with Crippen LogP contribution >= 0.6 is 0 Å². The average Bonchev–Trinajstić information content (AvgIpc) is 3.08. The largest absolute Gasteiger partial charge is 0.335 e. The molecular formula is C20H26N4O. The Morgan fingerprint density at radius 2 is 1.76 bits per heavy atom. The van der Waals surface area contributed by atoms with E-state index < -0.39 is 0 Å². The van der Waals surface area contributed by atoms with Crippen molar-refractivity contribution in [3.05, 3.63) is 47.3 Å². The van der Waals surface area contributed by atoms with Crippen LogP contribution in [-0.4, -0.2) is 58.2 Å². The highest BCUT2D eigenvalue weighted by atomic mass is 16.2. The summed E-state index contributed by atoms with van der Waals surface area (Å²) < 4.78 is 2.00. The van der Waals surface area contributed by atoms with Crippen LogP contribution in [0.5, 0.6) is 0 Å². The highest BCUT2D eigenvalue weighted by Crippen LogP contribution is 2.28. The molecule has 1 saturated heterocycles. The number of fused-ring (bicyclic) bond motifs is 1. The topological polar surface area (TPSA) is 41.4 Å². The van der Waals surface area contributed by atoms with Gasteiger partial charge in [0.25, 0.3) is 5.91 Å². The van der Waals surface area contributed by atoms with Crippen LogP contribution in [0.1, 0.15) is 41.5 Å². The van der Waals surface area contributed by atoms with Crippen LogP contribution < -0.4 is 0 Å². The van der Waals surface area contributed by atoms with Gasteiger partial charge in [-0.15, -0.1) is 0 Å². The second-order valence-electron chi connectivity index (χ2n) is 6.95. The number of benzene rings is 1. The number of piperazine rings is 1. The highest BCUT2D eigenvalue weighted by molar-refractivity contribution is 5.94. The molecule has 5 nitrogen and oxygen atoms in total. The number of para-hydroxylation sites is 1. The monoisotopic (exact) mass is 338 g/mol. The number of likely N-dealkylation sites (N-methyl/N-ethyl adjacent to an activating group) is 1. The first-order chi connectivity index (χ1) is 12.3. The Morgan fingerprint density at radius 3 is 2.48 bits per heavy atom. The van der Waals surface area contributed by atoms with E-state index in [1.165, 1.54) is 17.7 Å². The van der Waals surface area contributed by atoms with Gasteiger partial charge in [0.1, 0.15) is 0 Å². The molecule has 0 spiro atoms. The van der Waals surface area contributed by atoms with Crippen LogP contribution in [0.15, 0.2) is 30.3 Å². The molecule has 0 atom stereocenters. The Hall–Kier alpha value is -2.14. The summed E-state index contributed by atoms with van der Waals surface area (Å²) in [5, 5.41) is 4.79. The first-order valence-corrected chi connectivity index (χ1v) is 9.45. The lowest BCUT2D eigenvalue weighted by atomic mass is 9.95. The van der Waals surface area contributed by atoms with Gasteiger partial charge in [-0.3, -0.25) is 4.79 Å². The van der Waals surface area contributed by atoms with E-state index in [2.05, 4.69) is 24.0 Å². The lowest BCUT2D eigenvalue weighted by Gasteiger charge is -2.33. The minimum atomic E-state index is 0.114. The number of nitrogens with zero attached hydrogens (tertiary/aromatic N) is 4. The molecule has 132 valence electrons. The number of rotatable bonds is 3. The Kier molecular flexibility index (Phi) is 4.57. The molecule has 1 aromatic carbocycles. The molecule has 1 aliphatic heterocycles. The van der Waals surface area contributed by atoms with Crippen molar-refractivity contribution in [3.8, 4) is 5.69 Å². The minimum absolute atomic E-state index is 0.114. The van der Waals surface area contributed by atoms with Crippen molar-refractivity contribution < 1.29 is 4.79 Å². The van der Waals surface area contributed by atoms with Crippen LogP contribution in [0.4, 0.5) is 0 Å². The molecule has 0 N–H and O–H groups in total. The average molecular weight is 338 g/mol. The predicted molar refractivity (Wildman–Crippen MR) is 98.2 cm³/mol. The molecule has 5 heteroatoms. The molecular weight excluding hydrogens is 312 g/mol. The van der Waals surface area contributed by atoms with E-state index in [-0.39, 0.29) is 5.91 Å². The number of hydrogen-bond acceptors (Lipinski definition) is 3. The highest BCUT2D eigenvalue weighted by Gasteiger charge is 2.29.